The average Bonchev–Trinajstić information content (AvgIpc) is 2.29. The molecule has 0 aliphatic heterocycles. The lowest BCUT2D eigenvalue weighted by atomic mass is 9.71. The van der Waals surface area contributed by atoms with Crippen LogP contribution in [-0.2, 0) is 12.8 Å². The van der Waals surface area contributed by atoms with Gasteiger partial charge in [-0.2, -0.15) is 10.5 Å². The minimum Gasteiger partial charge on any atom is -0.198 e. The summed E-state index contributed by atoms with van der Waals surface area (Å²) in [7, 11) is 0. The summed E-state index contributed by atoms with van der Waals surface area (Å²) in [6.07, 6.45) is 2.81. The van der Waals surface area contributed by atoms with E-state index in [0.29, 0.717) is 6.42 Å². The van der Waals surface area contributed by atoms with Crippen molar-refractivity contribution in [2.75, 3.05) is 0 Å². The van der Waals surface area contributed by atoms with Gasteiger partial charge in [0.05, 0.1) is 24.0 Å². The van der Waals surface area contributed by atoms with Gasteiger partial charge < -0.3 is 0 Å². The van der Waals surface area contributed by atoms with Gasteiger partial charge in [-0.25, -0.2) is 0 Å². The number of rotatable bonds is 1. The Labute approximate surface area is 89.8 Å². The number of nitriles is 2. The van der Waals surface area contributed by atoms with Crippen LogP contribution in [0.2, 0.25) is 0 Å². The van der Waals surface area contributed by atoms with E-state index in [1.807, 2.05) is 12.1 Å². The number of hydrogen-bond acceptors (Lipinski definition) is 2. The van der Waals surface area contributed by atoms with Crippen molar-refractivity contribution in [3.8, 4) is 12.1 Å². The molecule has 15 heavy (non-hydrogen) atoms. The predicted molar refractivity (Wildman–Crippen MR) is 56.7 cm³/mol. The SMILES string of the molecule is N#CCC1(C#N)CCc2ccccc2C1. The van der Waals surface area contributed by atoms with Crippen LogP contribution in [0.4, 0.5) is 0 Å². The second-order valence-electron chi connectivity index (χ2n) is 4.17. The highest BCUT2D eigenvalue weighted by molar-refractivity contribution is 5.33. The van der Waals surface area contributed by atoms with Crippen molar-refractivity contribution in [1.82, 2.24) is 0 Å². The summed E-state index contributed by atoms with van der Waals surface area (Å²) >= 11 is 0. The van der Waals surface area contributed by atoms with E-state index in [1.165, 1.54) is 11.1 Å². The van der Waals surface area contributed by atoms with Gasteiger partial charge in [0.2, 0.25) is 0 Å². The monoisotopic (exact) mass is 196 g/mol. The molecule has 0 saturated heterocycles. The number of fused-ring (bicyclic) bond motifs is 1. The lowest BCUT2D eigenvalue weighted by Crippen LogP contribution is -2.26. The number of benzene rings is 1. The van der Waals surface area contributed by atoms with Gasteiger partial charge in [0.15, 0.2) is 0 Å². The molecule has 0 aromatic heterocycles. The zero-order valence-electron chi connectivity index (χ0n) is 8.53. The van der Waals surface area contributed by atoms with E-state index in [4.69, 9.17) is 5.26 Å². The van der Waals surface area contributed by atoms with Gasteiger partial charge >= 0.3 is 0 Å². The molecule has 2 nitrogen and oxygen atoms in total. The zero-order valence-corrected chi connectivity index (χ0v) is 8.53. The predicted octanol–water partition coefficient (Wildman–Crippen LogP) is 2.60. The summed E-state index contributed by atoms with van der Waals surface area (Å²) in [6.45, 7) is 0. The molecule has 1 atom stereocenters. The van der Waals surface area contributed by atoms with E-state index in [0.717, 1.165) is 19.3 Å². The molecule has 1 aromatic rings. The van der Waals surface area contributed by atoms with Gasteiger partial charge in [-0.1, -0.05) is 24.3 Å². The third kappa shape index (κ3) is 1.72. The van der Waals surface area contributed by atoms with E-state index >= 15 is 0 Å². The zero-order chi connectivity index (χ0) is 10.7. The van der Waals surface area contributed by atoms with E-state index in [1.54, 1.807) is 0 Å². The standard InChI is InChI=1S/C13H12N2/c14-8-7-13(10-15)6-5-11-3-1-2-4-12(11)9-13/h1-4H,5-7,9H2. The molecule has 0 spiro atoms. The molecule has 0 heterocycles. The molecule has 2 rings (SSSR count). The van der Waals surface area contributed by atoms with Crippen LogP contribution < -0.4 is 0 Å². The highest BCUT2D eigenvalue weighted by Gasteiger charge is 2.34. The topological polar surface area (TPSA) is 47.6 Å². The Hall–Kier alpha value is -1.80. The van der Waals surface area contributed by atoms with E-state index < -0.39 is 5.41 Å². The first-order valence-electron chi connectivity index (χ1n) is 5.15. The van der Waals surface area contributed by atoms with Crippen LogP contribution in [0.1, 0.15) is 24.0 Å². The van der Waals surface area contributed by atoms with E-state index in [2.05, 4.69) is 24.3 Å². The minimum atomic E-state index is -0.441. The van der Waals surface area contributed by atoms with Crippen molar-refractivity contribution in [2.24, 2.45) is 5.41 Å². The minimum absolute atomic E-state index is 0.345. The van der Waals surface area contributed by atoms with Crippen LogP contribution in [0.25, 0.3) is 0 Å². The molecular weight excluding hydrogens is 184 g/mol. The fourth-order valence-corrected chi connectivity index (χ4v) is 2.24. The summed E-state index contributed by atoms with van der Waals surface area (Å²) in [5.74, 6) is 0. The molecule has 1 aromatic carbocycles. The van der Waals surface area contributed by atoms with Gasteiger partial charge in [-0.15, -0.1) is 0 Å². The maximum atomic E-state index is 9.20. The molecule has 1 aliphatic carbocycles. The highest BCUT2D eigenvalue weighted by atomic mass is 14.4. The first kappa shape index (κ1) is 9.74. The molecule has 1 aliphatic rings. The molecule has 0 bridgehead atoms. The van der Waals surface area contributed by atoms with E-state index in [9.17, 15) is 5.26 Å². The fraction of sp³-hybridized carbons (Fsp3) is 0.385. The maximum absolute atomic E-state index is 9.20. The molecule has 1 unspecified atom stereocenters. The summed E-state index contributed by atoms with van der Waals surface area (Å²) in [5.41, 5.74) is 2.13. The van der Waals surface area contributed by atoms with Gasteiger partial charge in [0.25, 0.3) is 0 Å². The molecule has 0 amide bonds. The largest absolute Gasteiger partial charge is 0.198 e. The highest BCUT2D eigenvalue weighted by Crippen LogP contribution is 2.37. The van der Waals surface area contributed by atoms with Crippen LogP contribution in [-0.4, -0.2) is 0 Å². The lowest BCUT2D eigenvalue weighted by Gasteiger charge is -2.30. The smallest absolute Gasteiger partial charge is 0.0747 e. The first-order valence-corrected chi connectivity index (χ1v) is 5.15. The van der Waals surface area contributed by atoms with Gasteiger partial charge in [0, 0.05) is 0 Å². The van der Waals surface area contributed by atoms with Crippen LogP contribution in [0.5, 0.6) is 0 Å². The summed E-state index contributed by atoms with van der Waals surface area (Å²) in [4.78, 5) is 0. The van der Waals surface area contributed by atoms with Gasteiger partial charge in [-0.05, 0) is 30.4 Å². The molecule has 0 fully saturated rings. The quantitative estimate of drug-likeness (QED) is 0.693. The van der Waals surface area contributed by atoms with Crippen molar-refractivity contribution in [2.45, 2.75) is 25.7 Å². The molecule has 0 N–H and O–H groups in total. The Morgan fingerprint density at radius 2 is 1.93 bits per heavy atom. The van der Waals surface area contributed by atoms with Crippen LogP contribution in [0.3, 0.4) is 0 Å². The first-order chi connectivity index (χ1) is 7.29. The Bertz CT molecular complexity index is 450. The van der Waals surface area contributed by atoms with Crippen molar-refractivity contribution in [1.29, 1.82) is 10.5 Å². The third-order valence-electron chi connectivity index (χ3n) is 3.17. The molecule has 0 saturated carbocycles. The molecule has 74 valence electrons. The summed E-state index contributed by atoms with van der Waals surface area (Å²) < 4.78 is 0. The third-order valence-corrected chi connectivity index (χ3v) is 3.17. The molecule has 2 heteroatoms. The van der Waals surface area contributed by atoms with Gasteiger partial charge in [0.1, 0.15) is 0 Å². The van der Waals surface area contributed by atoms with Crippen LogP contribution >= 0.6 is 0 Å². The fourth-order valence-electron chi connectivity index (χ4n) is 2.24. The second-order valence-corrected chi connectivity index (χ2v) is 4.17. The maximum Gasteiger partial charge on any atom is 0.0747 e. The van der Waals surface area contributed by atoms with E-state index in [-0.39, 0.29) is 0 Å². The van der Waals surface area contributed by atoms with Crippen LogP contribution in [0.15, 0.2) is 24.3 Å². The number of aryl methyl sites for hydroxylation is 1. The molecule has 0 radical (unpaired) electrons. The molecular formula is C13H12N2. The second kappa shape index (κ2) is 3.75. The van der Waals surface area contributed by atoms with Gasteiger partial charge in [-0.3, -0.25) is 0 Å². The van der Waals surface area contributed by atoms with Crippen molar-refractivity contribution in [3.05, 3.63) is 35.4 Å². The Kier molecular flexibility index (Phi) is 2.44. The number of nitrogens with zero attached hydrogens (tertiary/aromatic N) is 2. The Morgan fingerprint density at radius 3 is 2.60 bits per heavy atom. The van der Waals surface area contributed by atoms with Crippen molar-refractivity contribution < 1.29 is 0 Å². The summed E-state index contributed by atoms with van der Waals surface area (Å²) in [5, 5.41) is 18.0. The lowest BCUT2D eigenvalue weighted by molar-refractivity contribution is 0.350. The van der Waals surface area contributed by atoms with Crippen molar-refractivity contribution in [3.63, 3.8) is 0 Å². The Balaban J connectivity index is 2.32. The van der Waals surface area contributed by atoms with Crippen LogP contribution in [0, 0.1) is 28.1 Å². The average molecular weight is 196 g/mol. The Morgan fingerprint density at radius 1 is 1.20 bits per heavy atom. The normalized spacial score (nSPS) is 23.6. The number of hydrogen-bond donors (Lipinski definition) is 0. The van der Waals surface area contributed by atoms with Crippen molar-refractivity contribution >= 4 is 0 Å². The summed E-state index contributed by atoms with van der Waals surface area (Å²) in [6, 6.07) is 12.7.